The smallest absolute Gasteiger partial charge is 0.341 e. The SMILES string of the molecule is CCNS(=O)(=O)CC1CCC(Nc2c(C(=O)OCC)cnc3[nH]ccc23)CC1. The summed E-state index contributed by atoms with van der Waals surface area (Å²) >= 11 is 0. The van der Waals surface area contributed by atoms with E-state index in [2.05, 4.69) is 20.0 Å². The highest BCUT2D eigenvalue weighted by Gasteiger charge is 2.27. The van der Waals surface area contributed by atoms with E-state index in [1.54, 1.807) is 20.0 Å². The zero-order valence-corrected chi connectivity index (χ0v) is 17.1. The second-order valence-corrected chi connectivity index (χ2v) is 9.00. The second-order valence-electron chi connectivity index (χ2n) is 7.15. The van der Waals surface area contributed by atoms with Crippen molar-refractivity contribution in [2.45, 2.75) is 45.6 Å². The number of nitrogens with zero attached hydrogens (tertiary/aromatic N) is 1. The van der Waals surface area contributed by atoms with Crippen LogP contribution < -0.4 is 10.0 Å². The molecular weight excluding hydrogens is 380 g/mol. The Hall–Kier alpha value is -2.13. The van der Waals surface area contributed by atoms with Gasteiger partial charge in [0.2, 0.25) is 10.0 Å². The molecule has 1 fully saturated rings. The molecule has 2 heterocycles. The van der Waals surface area contributed by atoms with Gasteiger partial charge in [-0.05, 0) is 44.6 Å². The number of anilines is 1. The molecule has 0 unspecified atom stereocenters. The molecule has 2 aromatic rings. The van der Waals surface area contributed by atoms with Crippen LogP contribution in [-0.2, 0) is 14.8 Å². The Labute approximate surface area is 165 Å². The van der Waals surface area contributed by atoms with Crippen LogP contribution in [0.4, 0.5) is 5.69 Å². The summed E-state index contributed by atoms with van der Waals surface area (Å²) in [5, 5.41) is 4.35. The van der Waals surface area contributed by atoms with Gasteiger partial charge in [-0.2, -0.15) is 0 Å². The molecule has 8 nitrogen and oxygen atoms in total. The molecule has 0 atom stereocenters. The summed E-state index contributed by atoms with van der Waals surface area (Å²) in [5.41, 5.74) is 1.86. The third-order valence-corrected chi connectivity index (χ3v) is 6.74. The molecule has 0 saturated heterocycles. The number of rotatable bonds is 8. The van der Waals surface area contributed by atoms with Crippen LogP contribution in [0.1, 0.15) is 49.9 Å². The molecule has 1 aliphatic carbocycles. The molecule has 9 heteroatoms. The lowest BCUT2D eigenvalue weighted by atomic mass is 9.87. The Morgan fingerprint density at radius 3 is 2.71 bits per heavy atom. The van der Waals surface area contributed by atoms with E-state index in [9.17, 15) is 13.2 Å². The second kappa shape index (κ2) is 8.91. The number of H-pyrrole nitrogens is 1. The van der Waals surface area contributed by atoms with E-state index in [-0.39, 0.29) is 17.7 Å². The highest BCUT2D eigenvalue weighted by molar-refractivity contribution is 7.89. The van der Waals surface area contributed by atoms with E-state index in [4.69, 9.17) is 4.74 Å². The topological polar surface area (TPSA) is 113 Å². The minimum absolute atomic E-state index is 0.163. The van der Waals surface area contributed by atoms with Gasteiger partial charge >= 0.3 is 5.97 Å². The average molecular weight is 409 g/mol. The van der Waals surface area contributed by atoms with Crippen LogP contribution in [0.3, 0.4) is 0 Å². The van der Waals surface area contributed by atoms with Crippen LogP contribution in [0.25, 0.3) is 11.0 Å². The Balaban J connectivity index is 1.71. The summed E-state index contributed by atoms with van der Waals surface area (Å²) in [7, 11) is -3.20. The van der Waals surface area contributed by atoms with Gasteiger partial charge < -0.3 is 15.0 Å². The molecule has 0 aromatic carbocycles. The molecule has 1 saturated carbocycles. The average Bonchev–Trinajstić information content (AvgIpc) is 3.12. The van der Waals surface area contributed by atoms with Gasteiger partial charge in [0.25, 0.3) is 0 Å². The molecule has 0 amide bonds. The Kier molecular flexibility index (Phi) is 6.56. The van der Waals surface area contributed by atoms with E-state index in [0.717, 1.165) is 36.8 Å². The van der Waals surface area contributed by atoms with Crippen molar-refractivity contribution in [1.29, 1.82) is 0 Å². The number of nitrogens with one attached hydrogen (secondary N) is 3. The standard InChI is InChI=1S/C19H28N4O4S/c1-3-22-28(25,26)12-13-5-7-14(8-6-13)23-17-15-9-10-20-18(15)21-11-16(17)19(24)27-4-2/h9-11,13-14,22H,3-8,12H2,1-2H3,(H2,20,21,23). The van der Waals surface area contributed by atoms with Gasteiger partial charge in [0.15, 0.2) is 0 Å². The van der Waals surface area contributed by atoms with Crippen LogP contribution in [0.2, 0.25) is 0 Å². The number of fused-ring (bicyclic) bond motifs is 1. The van der Waals surface area contributed by atoms with Crippen molar-refractivity contribution >= 4 is 32.7 Å². The van der Waals surface area contributed by atoms with Gasteiger partial charge in [0.05, 0.1) is 18.0 Å². The number of sulfonamides is 1. The number of carbonyl (C=O) groups excluding carboxylic acids is 1. The molecule has 3 rings (SSSR count). The number of hydrogen-bond acceptors (Lipinski definition) is 6. The molecule has 0 spiro atoms. The number of esters is 1. The van der Waals surface area contributed by atoms with E-state index < -0.39 is 16.0 Å². The summed E-state index contributed by atoms with van der Waals surface area (Å²) in [6, 6.07) is 2.06. The predicted octanol–water partition coefficient (Wildman–Crippen LogP) is 2.65. The predicted molar refractivity (Wildman–Crippen MR) is 109 cm³/mol. The van der Waals surface area contributed by atoms with Gasteiger partial charge in [0, 0.05) is 30.4 Å². The summed E-state index contributed by atoms with van der Waals surface area (Å²) in [4.78, 5) is 19.7. The first kappa shape index (κ1) is 20.6. The van der Waals surface area contributed by atoms with Crippen LogP contribution in [-0.4, -0.2) is 49.3 Å². The van der Waals surface area contributed by atoms with E-state index >= 15 is 0 Å². The lowest BCUT2D eigenvalue weighted by Crippen LogP contribution is -2.34. The normalized spacial score (nSPS) is 20.2. The van der Waals surface area contributed by atoms with Gasteiger partial charge in [-0.1, -0.05) is 6.92 Å². The van der Waals surface area contributed by atoms with E-state index in [0.29, 0.717) is 24.4 Å². The van der Waals surface area contributed by atoms with Crippen molar-refractivity contribution in [1.82, 2.24) is 14.7 Å². The first-order valence-corrected chi connectivity index (χ1v) is 11.5. The number of hydrogen-bond donors (Lipinski definition) is 3. The summed E-state index contributed by atoms with van der Waals surface area (Å²) in [5.74, 6) is -0.0544. The fourth-order valence-electron chi connectivity index (χ4n) is 3.79. The van der Waals surface area contributed by atoms with Gasteiger partial charge in [0.1, 0.15) is 11.2 Å². The van der Waals surface area contributed by atoms with Gasteiger partial charge in [-0.3, -0.25) is 0 Å². The maximum absolute atomic E-state index is 12.4. The minimum atomic E-state index is -3.20. The first-order chi connectivity index (χ1) is 13.4. The fourth-order valence-corrected chi connectivity index (χ4v) is 5.31. The third kappa shape index (κ3) is 4.82. The lowest BCUT2D eigenvalue weighted by molar-refractivity contribution is 0.0527. The zero-order chi connectivity index (χ0) is 20.1. The Morgan fingerprint density at radius 2 is 2.04 bits per heavy atom. The molecule has 0 bridgehead atoms. The highest BCUT2D eigenvalue weighted by atomic mass is 32.2. The van der Waals surface area contributed by atoms with Crippen LogP contribution in [0.15, 0.2) is 18.5 Å². The fraction of sp³-hybridized carbons (Fsp3) is 0.579. The Bertz CT molecular complexity index is 917. The van der Waals surface area contributed by atoms with Crippen molar-refractivity contribution in [3.8, 4) is 0 Å². The zero-order valence-electron chi connectivity index (χ0n) is 16.3. The molecule has 28 heavy (non-hydrogen) atoms. The largest absolute Gasteiger partial charge is 0.462 e. The summed E-state index contributed by atoms with van der Waals surface area (Å²) < 4.78 is 31.7. The van der Waals surface area contributed by atoms with Crippen LogP contribution >= 0.6 is 0 Å². The maximum Gasteiger partial charge on any atom is 0.341 e. The van der Waals surface area contributed by atoms with Crippen LogP contribution in [0.5, 0.6) is 0 Å². The van der Waals surface area contributed by atoms with Crippen molar-refractivity contribution in [3.05, 3.63) is 24.0 Å². The summed E-state index contributed by atoms with van der Waals surface area (Å²) in [6.45, 7) is 4.28. The highest BCUT2D eigenvalue weighted by Crippen LogP contribution is 2.32. The molecule has 2 aromatic heterocycles. The Morgan fingerprint density at radius 1 is 1.29 bits per heavy atom. The number of ether oxygens (including phenoxy) is 1. The van der Waals surface area contributed by atoms with E-state index in [1.807, 2.05) is 6.07 Å². The molecule has 3 N–H and O–H groups in total. The monoisotopic (exact) mass is 408 g/mol. The molecular formula is C19H28N4O4S. The first-order valence-electron chi connectivity index (χ1n) is 9.80. The minimum Gasteiger partial charge on any atom is -0.462 e. The number of pyridine rings is 1. The van der Waals surface area contributed by atoms with Crippen molar-refractivity contribution in [3.63, 3.8) is 0 Å². The lowest BCUT2D eigenvalue weighted by Gasteiger charge is -2.30. The molecule has 0 radical (unpaired) electrons. The summed E-state index contributed by atoms with van der Waals surface area (Å²) in [6.07, 6.45) is 6.69. The van der Waals surface area contributed by atoms with Crippen molar-refractivity contribution in [2.24, 2.45) is 5.92 Å². The van der Waals surface area contributed by atoms with Crippen molar-refractivity contribution < 1.29 is 17.9 Å². The van der Waals surface area contributed by atoms with Crippen LogP contribution in [0, 0.1) is 5.92 Å². The number of aromatic amines is 1. The quantitative estimate of drug-likeness (QED) is 0.579. The molecule has 0 aliphatic heterocycles. The van der Waals surface area contributed by atoms with Gasteiger partial charge in [-0.15, -0.1) is 0 Å². The number of aromatic nitrogens is 2. The molecule has 1 aliphatic rings. The third-order valence-electron chi connectivity index (χ3n) is 5.10. The van der Waals surface area contributed by atoms with E-state index in [1.165, 1.54) is 6.20 Å². The van der Waals surface area contributed by atoms with Gasteiger partial charge in [-0.25, -0.2) is 22.9 Å². The maximum atomic E-state index is 12.4. The molecule has 154 valence electrons. The van der Waals surface area contributed by atoms with Crippen molar-refractivity contribution in [2.75, 3.05) is 24.2 Å². The number of carbonyl (C=O) groups is 1.